The maximum Gasteiger partial charge on any atom is 3.00 e. The minimum atomic E-state index is 0. The molecule has 0 aliphatic carbocycles. The number of rotatable bonds is 11. The number of nitrogens with zero attached hydrogens (tertiary/aromatic N) is 8. The molecular formula is C106H156N8Ti2. The van der Waals surface area contributed by atoms with E-state index in [4.69, 9.17) is 0 Å². The van der Waals surface area contributed by atoms with Crippen molar-refractivity contribution in [1.82, 2.24) is 9.97 Å². The van der Waals surface area contributed by atoms with Gasteiger partial charge in [0.2, 0.25) is 0 Å². The number of pyridine rings is 2. The third-order valence-corrected chi connectivity index (χ3v) is 15.0. The molecule has 116 heavy (non-hydrogen) atoms. The zero-order chi connectivity index (χ0) is 87.1. The van der Waals surface area contributed by atoms with Crippen LogP contribution in [-0.4, -0.2) is 43.2 Å². The first-order chi connectivity index (χ1) is 52.8. The fourth-order valence-electron chi connectivity index (χ4n) is 11.3. The van der Waals surface area contributed by atoms with Crippen LogP contribution < -0.4 is 0 Å². The number of hydrogen-bond donors (Lipinski definition) is 0. The van der Waals surface area contributed by atoms with Gasteiger partial charge in [0.05, 0.1) is 0 Å². The maximum absolute atomic E-state index is 4.61. The van der Waals surface area contributed by atoms with Crippen molar-refractivity contribution in [1.29, 1.82) is 0 Å². The molecule has 0 saturated heterocycles. The van der Waals surface area contributed by atoms with Crippen LogP contribution in [0.1, 0.15) is 269 Å². The summed E-state index contributed by atoms with van der Waals surface area (Å²) in [5.74, 6) is 0. The van der Waals surface area contributed by atoms with E-state index in [0.29, 0.717) is 0 Å². The molecule has 0 amide bonds. The Morgan fingerprint density at radius 3 is 0.431 bits per heavy atom. The van der Waals surface area contributed by atoms with Gasteiger partial charge < -0.3 is 31.9 Å². The van der Waals surface area contributed by atoms with Crippen molar-refractivity contribution in [3.63, 3.8) is 0 Å². The Morgan fingerprint density at radius 1 is 0.198 bits per heavy atom. The van der Waals surface area contributed by atoms with Crippen molar-refractivity contribution in [2.45, 2.75) is 321 Å². The van der Waals surface area contributed by atoms with Crippen LogP contribution in [0, 0.1) is 96.9 Å². The Labute approximate surface area is 742 Å². The van der Waals surface area contributed by atoms with Gasteiger partial charge in [-0.2, -0.15) is 0 Å². The van der Waals surface area contributed by atoms with E-state index in [1.807, 2.05) is 60.7 Å². The second-order valence-electron chi connectivity index (χ2n) is 36.3. The van der Waals surface area contributed by atoms with Crippen molar-refractivity contribution in [3.05, 3.63) is 329 Å². The third-order valence-electron chi connectivity index (χ3n) is 15.0. The average molecular weight is 1640 g/mol. The minimum absolute atomic E-state index is 0. The molecular weight excluding hydrogens is 1480 g/mol. The Hall–Kier alpha value is -7.71. The van der Waals surface area contributed by atoms with E-state index >= 15 is 0 Å². The maximum atomic E-state index is 4.61. The van der Waals surface area contributed by atoms with E-state index in [9.17, 15) is 0 Å². The second kappa shape index (κ2) is 58.2. The molecule has 628 valence electrons. The molecule has 2 aromatic heterocycles. The Bertz CT molecular complexity index is 3470. The molecule has 10 heteroatoms. The van der Waals surface area contributed by atoms with E-state index in [-0.39, 0.29) is 76.7 Å². The first-order valence-electron chi connectivity index (χ1n) is 41.5. The molecule has 2 heterocycles. The molecule has 8 nitrogen and oxygen atoms in total. The fourth-order valence-corrected chi connectivity index (χ4v) is 11.3. The van der Waals surface area contributed by atoms with Crippen LogP contribution in [0.15, 0.2) is 219 Å². The van der Waals surface area contributed by atoms with Crippen molar-refractivity contribution in [2.24, 2.45) is 0 Å². The van der Waals surface area contributed by atoms with Gasteiger partial charge in [0.25, 0.3) is 0 Å². The number of hydrogen-bond acceptors (Lipinski definition) is 2. The van der Waals surface area contributed by atoms with Crippen LogP contribution in [0.4, 0.5) is 34.1 Å². The number of benzene rings is 8. The summed E-state index contributed by atoms with van der Waals surface area (Å²) in [6.07, 6.45) is 15.3. The Kier molecular flexibility index (Phi) is 56.4. The molecule has 0 aliphatic heterocycles. The first kappa shape index (κ1) is 112. The van der Waals surface area contributed by atoms with Crippen LogP contribution >= 0.6 is 0 Å². The summed E-state index contributed by atoms with van der Waals surface area (Å²) in [5, 5.41) is 27.7. The molecule has 0 unspecified atom stereocenters. The van der Waals surface area contributed by atoms with Gasteiger partial charge in [0.15, 0.2) is 0 Å². The van der Waals surface area contributed by atoms with E-state index in [1.54, 1.807) is 24.8 Å². The van der Waals surface area contributed by atoms with Gasteiger partial charge in [-0.1, -0.05) is 439 Å². The SMILES string of the molecule is CCCCC.CCCCC.Cc1cc(C)cc([N-]C(C)(C)C)c1.Cc1cc(C)cc([N-]C(C)(C)C)c1.Cc1cc(C)cc([N-]C(C)(C)C)c1.Cc1cc(C)cc([N-]C(C)(C)C)c1.Cc1cc(C)cc([N-]C(C)(C)C)c1.Cc1cc(C)cc([N-]C(C)(C)C)c1.Cc1ccccc1.Cc1ccccc1.[Ti+3].[Ti+3].c1cc(-c2ccncc2)ccn1. The van der Waals surface area contributed by atoms with Crippen LogP contribution in [0.5, 0.6) is 0 Å². The van der Waals surface area contributed by atoms with E-state index < -0.39 is 0 Å². The van der Waals surface area contributed by atoms with Gasteiger partial charge in [-0.05, 0) is 132 Å². The zero-order valence-corrected chi connectivity index (χ0v) is 82.7. The van der Waals surface area contributed by atoms with Crippen LogP contribution in [0.3, 0.4) is 0 Å². The molecule has 0 N–H and O–H groups in total. The van der Waals surface area contributed by atoms with Crippen molar-refractivity contribution in [3.8, 4) is 11.1 Å². The van der Waals surface area contributed by atoms with Crippen LogP contribution in [0.25, 0.3) is 43.0 Å². The van der Waals surface area contributed by atoms with E-state index in [0.717, 1.165) is 34.1 Å². The van der Waals surface area contributed by atoms with Gasteiger partial charge in [0.1, 0.15) is 0 Å². The average Bonchev–Trinajstić information content (AvgIpc) is 0.896. The summed E-state index contributed by atoms with van der Waals surface area (Å²) in [6, 6.07) is 66.9. The quantitative estimate of drug-likeness (QED) is 0.120. The zero-order valence-electron chi connectivity index (χ0n) is 79.6. The summed E-state index contributed by atoms with van der Waals surface area (Å²) < 4.78 is 0. The molecule has 0 aliphatic rings. The van der Waals surface area contributed by atoms with E-state index in [2.05, 4.69) is 425 Å². The smallest absolute Gasteiger partial charge is 0.680 e. The number of aromatic nitrogens is 2. The molecule has 10 aromatic rings. The van der Waals surface area contributed by atoms with Crippen molar-refractivity contribution < 1.29 is 43.4 Å². The molecule has 0 fully saturated rings. The molecule has 0 saturated carbocycles. The molecule has 10 rings (SSSR count). The number of unbranched alkanes of at least 4 members (excludes halogenated alkanes) is 4. The standard InChI is InChI=1S/6C12H18N.C10H8N2.2C7H8.2C5H12.2Ti/c6*1-9-6-10(2)8-11(7-9)13-12(3,4)5;1-5-11-6-2-9(1)10-3-7-12-8-4-10;2*1-7-5-3-2-4-6-7;2*1-3-5-4-2;;/h6*6-8H,1-5H3;1-8H;2*2-6H,1H3;2*3-5H2,1-2H3;;/q6*-1;;;;;;2*+3. The summed E-state index contributed by atoms with van der Waals surface area (Å²) in [7, 11) is 0. The van der Waals surface area contributed by atoms with Crippen molar-refractivity contribution in [2.75, 3.05) is 0 Å². The summed E-state index contributed by atoms with van der Waals surface area (Å²) >= 11 is 0. The monoisotopic (exact) mass is 1640 g/mol. The normalized spacial score (nSPS) is 10.5. The minimum Gasteiger partial charge on any atom is -0.680 e. The Morgan fingerprint density at radius 2 is 0.336 bits per heavy atom. The van der Waals surface area contributed by atoms with Crippen LogP contribution in [0.2, 0.25) is 0 Å². The summed E-state index contributed by atoms with van der Waals surface area (Å²) in [6.45, 7) is 76.4. The van der Waals surface area contributed by atoms with Gasteiger partial charge in [-0.3, -0.25) is 9.97 Å². The molecule has 0 spiro atoms. The predicted octanol–water partition coefficient (Wildman–Crippen LogP) is 35.2. The largest absolute Gasteiger partial charge is 3.00 e. The molecule has 2 radical (unpaired) electrons. The van der Waals surface area contributed by atoms with Crippen LogP contribution in [-0.2, 0) is 43.4 Å². The predicted molar refractivity (Wildman–Crippen MR) is 512 cm³/mol. The number of aryl methyl sites for hydroxylation is 14. The second-order valence-corrected chi connectivity index (χ2v) is 36.3. The fraction of sp³-hybridized carbons (Fsp3) is 0.453. The molecule has 0 bridgehead atoms. The summed E-state index contributed by atoms with van der Waals surface area (Å²) in [5.41, 5.74) is 27.0. The molecule has 0 atom stereocenters. The van der Waals surface area contributed by atoms with E-state index in [1.165, 1.54) is 128 Å². The topological polar surface area (TPSA) is 110 Å². The van der Waals surface area contributed by atoms with Crippen molar-refractivity contribution >= 4 is 34.1 Å². The first-order valence-corrected chi connectivity index (χ1v) is 41.5. The summed E-state index contributed by atoms with van der Waals surface area (Å²) in [4.78, 5) is 7.91. The Balaban J connectivity index is -0.00000122. The molecule has 8 aromatic carbocycles. The van der Waals surface area contributed by atoms with Gasteiger partial charge in [0, 0.05) is 24.8 Å². The van der Waals surface area contributed by atoms with Gasteiger partial charge in [-0.25, -0.2) is 0 Å². The van der Waals surface area contributed by atoms with Gasteiger partial charge in [-0.15, -0.1) is 67.4 Å². The van der Waals surface area contributed by atoms with Gasteiger partial charge >= 0.3 is 43.4 Å². The third kappa shape index (κ3) is 65.3.